The van der Waals surface area contributed by atoms with E-state index in [0.717, 1.165) is 96.6 Å². The number of piperidine rings is 1. The molecule has 2 spiro atoms. The number of amides is 5. The van der Waals surface area contributed by atoms with Crippen LogP contribution in [-0.4, -0.2) is 102 Å². The monoisotopic (exact) mass is 754 g/mol. The highest BCUT2D eigenvalue weighted by molar-refractivity contribution is 6.37. The van der Waals surface area contributed by atoms with Crippen LogP contribution in [0.1, 0.15) is 131 Å². The molecule has 4 saturated carbocycles. The first-order chi connectivity index (χ1) is 25.4. The number of ketones is 1. The second-order valence-electron chi connectivity index (χ2n) is 19.4. The van der Waals surface area contributed by atoms with E-state index < -0.39 is 59.2 Å². The van der Waals surface area contributed by atoms with Gasteiger partial charge in [0.25, 0.3) is 5.91 Å². The molecule has 2 saturated heterocycles. The average Bonchev–Trinajstić information content (AvgIpc) is 3.29. The molecule has 0 radical (unpaired) electrons. The van der Waals surface area contributed by atoms with E-state index in [1.54, 1.807) is 4.90 Å². The molecule has 13 nitrogen and oxygen atoms in total. The molecular formula is C41H66N6O7. The molecule has 2 aliphatic heterocycles. The third-order valence-electron chi connectivity index (χ3n) is 15.1. The van der Waals surface area contributed by atoms with E-state index in [1.165, 1.54) is 0 Å². The maximum Gasteiger partial charge on any atom is 0.408 e. The zero-order chi connectivity index (χ0) is 39.2. The number of fused-ring (bicyclic) bond motifs is 1. The lowest BCUT2D eigenvalue weighted by Crippen LogP contribution is -2.62. The standard InChI is InChI=1S/C41H66N6O7/c1-38(2,3)32(45-35(51)30(26-14-8-7-9-15-26)44-37(53)54-27-16-20-46(6)21-17-27)36(52)47-24-41(39(4,5)40(41)18-11-19-40)23-29(47)34(50)43-28(31(48)33(42)49)22-25-12-10-13-25/h25-30,32H,7-24H2,1-6H3,(H2,42,49)(H,43,50)(H,44,53)(H,45,51)/t28?,29-,30-,32+,41+/m0/s1. The number of carbonyl (C=O) groups is 6. The van der Waals surface area contributed by atoms with Crippen LogP contribution in [0.15, 0.2) is 0 Å². The van der Waals surface area contributed by atoms with Crippen molar-refractivity contribution in [2.24, 2.45) is 39.2 Å². The number of rotatable bonds is 12. The maximum atomic E-state index is 15.0. The minimum absolute atomic E-state index is 0.0204. The van der Waals surface area contributed by atoms with Crippen LogP contribution in [0.4, 0.5) is 4.79 Å². The number of nitrogens with zero attached hydrogens (tertiary/aromatic N) is 2. The molecule has 0 aromatic heterocycles. The van der Waals surface area contributed by atoms with Gasteiger partial charge in [-0.1, -0.05) is 79.6 Å². The van der Waals surface area contributed by atoms with Crippen molar-refractivity contribution >= 4 is 35.5 Å². The van der Waals surface area contributed by atoms with Crippen molar-refractivity contribution in [2.75, 3.05) is 26.7 Å². The molecule has 6 aliphatic rings. The number of carbonyl (C=O) groups excluding carboxylic acids is 6. The van der Waals surface area contributed by atoms with Gasteiger partial charge in [-0.25, -0.2) is 4.79 Å². The second kappa shape index (κ2) is 15.4. The Labute approximate surface area is 321 Å². The molecule has 13 heteroatoms. The third-order valence-corrected chi connectivity index (χ3v) is 15.1. The van der Waals surface area contributed by atoms with Crippen molar-refractivity contribution < 1.29 is 33.5 Å². The van der Waals surface area contributed by atoms with Crippen molar-refractivity contribution in [2.45, 2.75) is 161 Å². The molecule has 5 atom stereocenters. The number of hydrogen-bond donors (Lipinski definition) is 4. The molecule has 5 N–H and O–H groups in total. The van der Waals surface area contributed by atoms with Crippen LogP contribution >= 0.6 is 0 Å². The molecule has 54 heavy (non-hydrogen) atoms. The van der Waals surface area contributed by atoms with Gasteiger partial charge in [-0.15, -0.1) is 0 Å². The van der Waals surface area contributed by atoms with Gasteiger partial charge < -0.3 is 36.2 Å². The minimum Gasteiger partial charge on any atom is -0.446 e. The van der Waals surface area contributed by atoms with Crippen LogP contribution in [0.3, 0.4) is 0 Å². The van der Waals surface area contributed by atoms with Crippen molar-refractivity contribution in [3.05, 3.63) is 0 Å². The highest BCUT2D eigenvalue weighted by atomic mass is 16.6. The molecular weight excluding hydrogens is 688 g/mol. The van der Waals surface area contributed by atoms with Gasteiger partial charge in [0.05, 0.1) is 6.04 Å². The quantitative estimate of drug-likeness (QED) is 0.217. The Kier molecular flexibility index (Phi) is 11.5. The Morgan fingerprint density at radius 2 is 1.48 bits per heavy atom. The van der Waals surface area contributed by atoms with Crippen molar-refractivity contribution in [1.82, 2.24) is 25.8 Å². The number of nitrogens with one attached hydrogen (secondary N) is 3. The maximum absolute atomic E-state index is 15.0. The topological polar surface area (TPSA) is 180 Å². The lowest BCUT2D eigenvalue weighted by Gasteiger charge is -2.38. The van der Waals surface area contributed by atoms with E-state index in [-0.39, 0.29) is 40.1 Å². The summed E-state index contributed by atoms with van der Waals surface area (Å²) in [6.07, 6.45) is 12.0. The number of alkyl carbamates (subject to hydrolysis) is 1. The second-order valence-corrected chi connectivity index (χ2v) is 19.4. The van der Waals surface area contributed by atoms with E-state index in [9.17, 15) is 24.0 Å². The summed E-state index contributed by atoms with van der Waals surface area (Å²) in [7, 11) is 2.04. The lowest BCUT2D eigenvalue weighted by molar-refractivity contribution is -0.145. The lowest BCUT2D eigenvalue weighted by atomic mass is 9.73. The molecule has 6 rings (SSSR count). The predicted octanol–water partition coefficient (Wildman–Crippen LogP) is 3.81. The summed E-state index contributed by atoms with van der Waals surface area (Å²) < 4.78 is 5.81. The molecule has 1 unspecified atom stereocenters. The largest absolute Gasteiger partial charge is 0.446 e. The Morgan fingerprint density at radius 3 is 2.00 bits per heavy atom. The minimum atomic E-state index is -1.08. The molecule has 2 heterocycles. The SMILES string of the molecule is CN1CCC(OC(=O)N[C@H](C(=O)N[C@H](C(=O)N2C[C@]3(C[C@H]2C(=O)NC(CC2CCC2)C(=O)C(N)=O)C(C)(C)C32CCC2)C(C)(C)C)C2CCCCC2)CC1. The van der Waals surface area contributed by atoms with E-state index in [4.69, 9.17) is 10.5 Å². The number of likely N-dealkylation sites (tertiary alicyclic amines) is 2. The van der Waals surface area contributed by atoms with E-state index >= 15 is 4.79 Å². The molecule has 5 amide bonds. The van der Waals surface area contributed by atoms with Gasteiger partial charge in [-0.3, -0.25) is 24.0 Å². The van der Waals surface area contributed by atoms with Gasteiger partial charge in [0.2, 0.25) is 23.5 Å². The molecule has 6 fully saturated rings. The van der Waals surface area contributed by atoms with Crippen molar-refractivity contribution in [1.29, 1.82) is 0 Å². The van der Waals surface area contributed by atoms with Crippen LogP contribution < -0.4 is 21.7 Å². The van der Waals surface area contributed by atoms with E-state index in [1.807, 2.05) is 27.8 Å². The Hall–Kier alpha value is -3.22. The van der Waals surface area contributed by atoms with E-state index in [2.05, 4.69) is 34.7 Å². The Morgan fingerprint density at radius 1 is 0.833 bits per heavy atom. The van der Waals surface area contributed by atoms with Gasteiger partial charge in [0.15, 0.2) is 0 Å². The molecule has 0 aromatic rings. The van der Waals surface area contributed by atoms with E-state index in [0.29, 0.717) is 19.4 Å². The predicted molar refractivity (Wildman–Crippen MR) is 203 cm³/mol. The van der Waals surface area contributed by atoms with Gasteiger partial charge in [0.1, 0.15) is 24.2 Å². The number of hydrogen-bond acceptors (Lipinski definition) is 8. The van der Waals surface area contributed by atoms with Gasteiger partial charge in [0, 0.05) is 25.0 Å². The summed E-state index contributed by atoms with van der Waals surface area (Å²) in [5, 5.41) is 8.88. The molecule has 0 bridgehead atoms. The normalized spacial score (nSPS) is 28.6. The zero-order valence-corrected chi connectivity index (χ0v) is 33.6. The van der Waals surface area contributed by atoms with Crippen LogP contribution in [0.2, 0.25) is 0 Å². The van der Waals surface area contributed by atoms with Gasteiger partial charge in [-0.05, 0) is 86.5 Å². The molecule has 0 aromatic carbocycles. The summed E-state index contributed by atoms with van der Waals surface area (Å²) in [6, 6.07) is -3.82. The summed E-state index contributed by atoms with van der Waals surface area (Å²) in [5.41, 5.74) is 4.31. The number of primary amides is 1. The third kappa shape index (κ3) is 7.51. The summed E-state index contributed by atoms with van der Waals surface area (Å²) >= 11 is 0. The first-order valence-electron chi connectivity index (χ1n) is 20.8. The van der Waals surface area contributed by atoms with Crippen LogP contribution in [-0.2, 0) is 28.7 Å². The van der Waals surface area contributed by atoms with Gasteiger partial charge >= 0.3 is 6.09 Å². The highest BCUT2D eigenvalue weighted by Gasteiger charge is 2.85. The number of Topliss-reactive ketones (excluding diaryl/α,β-unsaturated/α-hetero) is 1. The zero-order valence-electron chi connectivity index (χ0n) is 33.6. The average molecular weight is 755 g/mol. The first-order valence-corrected chi connectivity index (χ1v) is 20.8. The Bertz CT molecular complexity index is 1470. The van der Waals surface area contributed by atoms with Crippen molar-refractivity contribution in [3.63, 3.8) is 0 Å². The van der Waals surface area contributed by atoms with Crippen LogP contribution in [0, 0.1) is 33.5 Å². The number of nitrogens with two attached hydrogens (primary N) is 1. The highest BCUT2D eigenvalue weighted by Crippen LogP contribution is 2.88. The van der Waals surface area contributed by atoms with Gasteiger partial charge in [-0.2, -0.15) is 0 Å². The fourth-order valence-corrected chi connectivity index (χ4v) is 11.1. The molecule has 4 aliphatic carbocycles. The number of ether oxygens (including phenoxy) is 1. The Balaban J connectivity index is 1.24. The van der Waals surface area contributed by atoms with Crippen LogP contribution in [0.5, 0.6) is 0 Å². The molecule has 302 valence electrons. The summed E-state index contributed by atoms with van der Waals surface area (Å²) in [6.45, 7) is 12.2. The van der Waals surface area contributed by atoms with Crippen LogP contribution in [0.25, 0.3) is 0 Å². The summed E-state index contributed by atoms with van der Waals surface area (Å²) in [4.78, 5) is 86.0. The smallest absolute Gasteiger partial charge is 0.408 e. The summed E-state index contributed by atoms with van der Waals surface area (Å²) in [5.74, 6) is -3.04. The van der Waals surface area contributed by atoms with Crippen molar-refractivity contribution in [3.8, 4) is 0 Å². The fraction of sp³-hybridized carbons (Fsp3) is 0.854. The first kappa shape index (κ1) is 40.4. The fourth-order valence-electron chi connectivity index (χ4n) is 11.1.